The molecule has 1 heterocycles. The van der Waals surface area contributed by atoms with Crippen molar-refractivity contribution in [2.45, 2.75) is 76.9 Å². The second kappa shape index (κ2) is 9.00. The maximum absolute atomic E-state index is 5.47. The Kier molecular flexibility index (Phi) is 7.87. The van der Waals surface area contributed by atoms with Gasteiger partial charge < -0.3 is 9.47 Å². The van der Waals surface area contributed by atoms with Crippen LogP contribution < -0.4 is 0 Å². The van der Waals surface area contributed by atoms with Crippen molar-refractivity contribution in [3.8, 4) is 0 Å². The van der Waals surface area contributed by atoms with E-state index in [1.807, 2.05) is 0 Å². The zero-order valence-electron chi connectivity index (χ0n) is 11.0. The Bertz CT molecular complexity index is 157. The van der Waals surface area contributed by atoms with Crippen molar-refractivity contribution < 1.29 is 9.47 Å². The molecule has 0 amide bonds. The summed E-state index contributed by atoms with van der Waals surface area (Å²) in [5.74, 6) is 0. The number of unbranched alkanes of at least 4 members (excludes halogenated alkanes) is 7. The van der Waals surface area contributed by atoms with Crippen LogP contribution in [0.1, 0.15) is 64.7 Å². The van der Waals surface area contributed by atoms with Gasteiger partial charge in [0.1, 0.15) is 6.10 Å². The van der Waals surface area contributed by atoms with Crippen LogP contribution in [0.5, 0.6) is 0 Å². The van der Waals surface area contributed by atoms with Crippen molar-refractivity contribution in [2.75, 3.05) is 13.7 Å². The average molecular weight is 228 g/mol. The van der Waals surface area contributed by atoms with Crippen molar-refractivity contribution in [2.24, 2.45) is 0 Å². The summed E-state index contributed by atoms with van der Waals surface area (Å²) in [6.07, 6.45) is 13.0. The van der Waals surface area contributed by atoms with Crippen molar-refractivity contribution in [3.63, 3.8) is 0 Å². The van der Waals surface area contributed by atoms with E-state index in [-0.39, 0.29) is 0 Å². The molecule has 0 unspecified atom stereocenters. The van der Waals surface area contributed by atoms with Gasteiger partial charge in [0.05, 0.1) is 12.7 Å². The molecule has 1 rings (SSSR count). The summed E-state index contributed by atoms with van der Waals surface area (Å²) in [5.41, 5.74) is 0. The number of ether oxygens (including phenoxy) is 2. The number of hydrogen-bond donors (Lipinski definition) is 0. The van der Waals surface area contributed by atoms with Crippen LogP contribution in [0.2, 0.25) is 0 Å². The lowest BCUT2D eigenvalue weighted by Crippen LogP contribution is -2.45. The standard InChI is InChI=1S/C14H28O2/c1-3-4-5-6-7-8-9-10-11-13-14(15-2)12-16-13/h13-14H,3-12H2,1-2H3/t13-,14+/m0/s1. The summed E-state index contributed by atoms with van der Waals surface area (Å²) in [4.78, 5) is 0. The molecule has 0 N–H and O–H groups in total. The molecule has 1 aliphatic heterocycles. The highest BCUT2D eigenvalue weighted by molar-refractivity contribution is 4.78. The van der Waals surface area contributed by atoms with Gasteiger partial charge in [-0.15, -0.1) is 0 Å². The second-order valence-corrected chi connectivity index (χ2v) is 4.91. The van der Waals surface area contributed by atoms with Gasteiger partial charge >= 0.3 is 0 Å². The Hall–Kier alpha value is -0.0800. The molecule has 2 heteroatoms. The first-order valence-electron chi connectivity index (χ1n) is 7.03. The van der Waals surface area contributed by atoms with Crippen LogP contribution in [0, 0.1) is 0 Å². The van der Waals surface area contributed by atoms with Crippen LogP contribution in [0.25, 0.3) is 0 Å². The number of methoxy groups -OCH3 is 1. The van der Waals surface area contributed by atoms with Crippen molar-refractivity contribution >= 4 is 0 Å². The Morgan fingerprint density at radius 2 is 1.62 bits per heavy atom. The van der Waals surface area contributed by atoms with E-state index in [0.717, 1.165) is 6.61 Å². The molecule has 1 fully saturated rings. The molecule has 96 valence electrons. The van der Waals surface area contributed by atoms with E-state index < -0.39 is 0 Å². The second-order valence-electron chi connectivity index (χ2n) is 4.91. The summed E-state index contributed by atoms with van der Waals surface area (Å²) in [6.45, 7) is 3.07. The molecule has 0 radical (unpaired) electrons. The van der Waals surface area contributed by atoms with Gasteiger partial charge in [0.25, 0.3) is 0 Å². The van der Waals surface area contributed by atoms with Crippen LogP contribution >= 0.6 is 0 Å². The summed E-state index contributed by atoms with van der Waals surface area (Å²) in [7, 11) is 1.79. The van der Waals surface area contributed by atoms with Crippen molar-refractivity contribution in [1.29, 1.82) is 0 Å². The lowest BCUT2D eigenvalue weighted by atomic mass is 10.0. The van der Waals surface area contributed by atoms with Gasteiger partial charge in [-0.25, -0.2) is 0 Å². The van der Waals surface area contributed by atoms with Crippen LogP contribution in [0.4, 0.5) is 0 Å². The molecule has 0 aromatic heterocycles. The third kappa shape index (κ3) is 5.31. The molecule has 0 aromatic carbocycles. The minimum atomic E-state index is 0.379. The molecular formula is C14H28O2. The van der Waals surface area contributed by atoms with Gasteiger partial charge in [0, 0.05) is 7.11 Å². The molecule has 0 saturated carbocycles. The highest BCUT2D eigenvalue weighted by atomic mass is 16.6. The zero-order valence-corrected chi connectivity index (χ0v) is 11.0. The maximum atomic E-state index is 5.47. The molecule has 2 nitrogen and oxygen atoms in total. The topological polar surface area (TPSA) is 18.5 Å². The quantitative estimate of drug-likeness (QED) is 0.527. The average Bonchev–Trinajstić information content (AvgIpc) is 2.26. The molecule has 1 saturated heterocycles. The van der Waals surface area contributed by atoms with Gasteiger partial charge in [0.2, 0.25) is 0 Å². The Labute approximate surface area is 101 Å². The largest absolute Gasteiger partial charge is 0.376 e. The number of hydrogen-bond acceptors (Lipinski definition) is 2. The van der Waals surface area contributed by atoms with E-state index in [1.54, 1.807) is 7.11 Å². The van der Waals surface area contributed by atoms with E-state index in [9.17, 15) is 0 Å². The number of rotatable bonds is 10. The normalized spacial score (nSPS) is 24.4. The monoisotopic (exact) mass is 228 g/mol. The predicted molar refractivity (Wildman–Crippen MR) is 67.8 cm³/mol. The lowest BCUT2D eigenvalue weighted by molar-refractivity contribution is -0.178. The first-order valence-corrected chi connectivity index (χ1v) is 7.03. The third-order valence-corrected chi connectivity index (χ3v) is 3.53. The Morgan fingerprint density at radius 3 is 2.12 bits per heavy atom. The smallest absolute Gasteiger partial charge is 0.107 e. The van der Waals surface area contributed by atoms with Crippen LogP contribution in [-0.4, -0.2) is 25.9 Å². The van der Waals surface area contributed by atoms with Gasteiger partial charge in [-0.2, -0.15) is 0 Å². The highest BCUT2D eigenvalue weighted by Crippen LogP contribution is 2.21. The van der Waals surface area contributed by atoms with Gasteiger partial charge in [-0.05, 0) is 6.42 Å². The van der Waals surface area contributed by atoms with Gasteiger partial charge in [-0.3, -0.25) is 0 Å². The fourth-order valence-corrected chi connectivity index (χ4v) is 2.28. The highest BCUT2D eigenvalue weighted by Gasteiger charge is 2.30. The molecule has 2 atom stereocenters. The first-order chi connectivity index (χ1) is 7.88. The van der Waals surface area contributed by atoms with Crippen molar-refractivity contribution in [1.82, 2.24) is 0 Å². The molecule has 0 aromatic rings. The minimum absolute atomic E-state index is 0.379. The summed E-state index contributed by atoms with van der Waals surface area (Å²) in [6, 6.07) is 0. The summed E-state index contributed by atoms with van der Waals surface area (Å²) >= 11 is 0. The molecule has 0 aliphatic carbocycles. The van der Waals surface area contributed by atoms with E-state index in [0.29, 0.717) is 12.2 Å². The van der Waals surface area contributed by atoms with E-state index in [4.69, 9.17) is 9.47 Å². The SMILES string of the molecule is CCCCCCCCCC[C@@H]1OC[C@H]1OC. The van der Waals surface area contributed by atoms with Crippen molar-refractivity contribution in [3.05, 3.63) is 0 Å². The summed E-state index contributed by atoms with van der Waals surface area (Å²) in [5, 5.41) is 0. The van der Waals surface area contributed by atoms with E-state index in [2.05, 4.69) is 6.92 Å². The van der Waals surface area contributed by atoms with E-state index in [1.165, 1.54) is 57.8 Å². The van der Waals surface area contributed by atoms with Crippen LogP contribution in [0.3, 0.4) is 0 Å². The van der Waals surface area contributed by atoms with Crippen LogP contribution in [0.15, 0.2) is 0 Å². The Balaban J connectivity index is 1.78. The van der Waals surface area contributed by atoms with Gasteiger partial charge in [0.15, 0.2) is 0 Å². The Morgan fingerprint density at radius 1 is 1.00 bits per heavy atom. The third-order valence-electron chi connectivity index (χ3n) is 3.53. The van der Waals surface area contributed by atoms with Gasteiger partial charge in [-0.1, -0.05) is 58.3 Å². The molecule has 1 aliphatic rings. The fourth-order valence-electron chi connectivity index (χ4n) is 2.28. The fraction of sp³-hybridized carbons (Fsp3) is 1.00. The van der Waals surface area contributed by atoms with Crippen LogP contribution in [-0.2, 0) is 9.47 Å². The molecule has 0 spiro atoms. The zero-order chi connectivity index (χ0) is 11.6. The first kappa shape index (κ1) is 14.0. The van der Waals surface area contributed by atoms with E-state index >= 15 is 0 Å². The minimum Gasteiger partial charge on any atom is -0.376 e. The molecular weight excluding hydrogens is 200 g/mol. The summed E-state index contributed by atoms with van der Waals surface area (Å²) < 4.78 is 10.8. The molecule has 0 bridgehead atoms. The maximum Gasteiger partial charge on any atom is 0.107 e. The predicted octanol–water partition coefficient (Wildman–Crippen LogP) is 3.93. The molecule has 16 heavy (non-hydrogen) atoms. The lowest BCUT2D eigenvalue weighted by Gasteiger charge is -2.35.